The molecule has 1 heterocycles. The molecule has 2 rings (SSSR count). The Morgan fingerprint density at radius 2 is 1.82 bits per heavy atom. The van der Waals surface area contributed by atoms with Crippen molar-refractivity contribution in [3.63, 3.8) is 0 Å². The van der Waals surface area contributed by atoms with Crippen LogP contribution >= 0.6 is 12.4 Å². The number of halogens is 3. The van der Waals surface area contributed by atoms with Crippen molar-refractivity contribution in [1.29, 1.82) is 0 Å². The van der Waals surface area contributed by atoms with Gasteiger partial charge in [0.2, 0.25) is 0 Å². The fourth-order valence-corrected chi connectivity index (χ4v) is 1.80. The van der Waals surface area contributed by atoms with E-state index in [1.807, 2.05) is 0 Å². The van der Waals surface area contributed by atoms with E-state index in [-0.39, 0.29) is 30.2 Å². The lowest BCUT2D eigenvalue weighted by molar-refractivity contribution is 0.0683. The first-order chi connectivity index (χ1) is 4.64. The molecule has 1 saturated heterocycles. The molecule has 0 aromatic rings. The zero-order valence-electron chi connectivity index (χ0n) is 6.31. The van der Waals surface area contributed by atoms with E-state index in [0.717, 1.165) is 13.1 Å². The maximum absolute atomic E-state index is 12.6. The van der Waals surface area contributed by atoms with Crippen LogP contribution < -0.4 is 5.32 Å². The molecular weight excluding hydrogens is 172 g/mol. The largest absolute Gasteiger partial charge is 0.316 e. The van der Waals surface area contributed by atoms with E-state index in [1.54, 1.807) is 6.92 Å². The van der Waals surface area contributed by atoms with Gasteiger partial charge < -0.3 is 5.32 Å². The average molecular weight is 184 g/mol. The lowest BCUT2D eigenvalue weighted by atomic mass is 9.96. The van der Waals surface area contributed by atoms with Crippen LogP contribution in [-0.4, -0.2) is 19.0 Å². The first kappa shape index (κ1) is 9.20. The molecule has 0 aromatic heterocycles. The van der Waals surface area contributed by atoms with Crippen molar-refractivity contribution in [3.05, 3.63) is 0 Å². The zero-order chi connectivity index (χ0) is 7.35. The zero-order valence-corrected chi connectivity index (χ0v) is 7.13. The number of nitrogens with one attached hydrogen (secondary N) is 1. The first-order valence-electron chi connectivity index (χ1n) is 3.72. The van der Waals surface area contributed by atoms with Crippen molar-refractivity contribution >= 4 is 12.4 Å². The van der Waals surface area contributed by atoms with Crippen LogP contribution in [0.4, 0.5) is 8.78 Å². The maximum Gasteiger partial charge on any atom is 0.254 e. The number of alkyl halides is 2. The molecule has 0 amide bonds. The summed E-state index contributed by atoms with van der Waals surface area (Å²) in [4.78, 5) is 0. The molecule has 66 valence electrons. The monoisotopic (exact) mass is 183 g/mol. The third kappa shape index (κ3) is 1.14. The van der Waals surface area contributed by atoms with Crippen molar-refractivity contribution in [3.8, 4) is 0 Å². The van der Waals surface area contributed by atoms with Crippen molar-refractivity contribution < 1.29 is 8.78 Å². The Bertz CT molecular complexity index is 159. The van der Waals surface area contributed by atoms with Crippen LogP contribution in [0, 0.1) is 17.8 Å². The highest BCUT2D eigenvalue weighted by Gasteiger charge is 2.68. The van der Waals surface area contributed by atoms with Crippen molar-refractivity contribution in [2.45, 2.75) is 12.8 Å². The predicted octanol–water partition coefficient (Wildman–Crippen LogP) is 1.53. The van der Waals surface area contributed by atoms with Crippen molar-refractivity contribution in [1.82, 2.24) is 5.32 Å². The van der Waals surface area contributed by atoms with Crippen molar-refractivity contribution in [2.24, 2.45) is 17.8 Å². The molecule has 0 radical (unpaired) electrons. The van der Waals surface area contributed by atoms with Gasteiger partial charge in [-0.3, -0.25) is 0 Å². The van der Waals surface area contributed by atoms with E-state index >= 15 is 0 Å². The summed E-state index contributed by atoms with van der Waals surface area (Å²) >= 11 is 0. The van der Waals surface area contributed by atoms with Gasteiger partial charge in [0.05, 0.1) is 0 Å². The minimum Gasteiger partial charge on any atom is -0.316 e. The molecular formula is C7H12ClF2N. The minimum atomic E-state index is -2.34. The van der Waals surface area contributed by atoms with Gasteiger partial charge in [-0.1, -0.05) is 6.92 Å². The van der Waals surface area contributed by atoms with Crippen LogP contribution in [0.25, 0.3) is 0 Å². The molecule has 1 nitrogen and oxygen atoms in total. The quantitative estimate of drug-likeness (QED) is 0.650. The smallest absolute Gasteiger partial charge is 0.254 e. The van der Waals surface area contributed by atoms with Gasteiger partial charge in [0.15, 0.2) is 0 Å². The maximum atomic E-state index is 12.6. The Kier molecular flexibility index (Phi) is 2.14. The second-order valence-corrected chi connectivity index (χ2v) is 3.41. The molecule has 2 atom stereocenters. The van der Waals surface area contributed by atoms with Crippen LogP contribution in [-0.2, 0) is 0 Å². The Labute approximate surface area is 71.0 Å². The van der Waals surface area contributed by atoms with Gasteiger partial charge in [-0.05, 0) is 19.0 Å². The second kappa shape index (κ2) is 2.56. The molecule has 0 spiro atoms. The summed E-state index contributed by atoms with van der Waals surface area (Å²) in [5, 5.41) is 3.01. The lowest BCUT2D eigenvalue weighted by Gasteiger charge is -2.26. The van der Waals surface area contributed by atoms with E-state index in [9.17, 15) is 8.78 Å². The Morgan fingerprint density at radius 3 is 1.91 bits per heavy atom. The summed E-state index contributed by atoms with van der Waals surface area (Å²) in [5.74, 6) is -2.76. The van der Waals surface area contributed by atoms with Gasteiger partial charge in [0, 0.05) is 11.8 Å². The fraction of sp³-hybridized carbons (Fsp3) is 1.00. The minimum absolute atomic E-state index is 0. The average Bonchev–Trinajstić information content (AvgIpc) is 2.13. The molecule has 11 heavy (non-hydrogen) atoms. The topological polar surface area (TPSA) is 12.0 Å². The van der Waals surface area contributed by atoms with Gasteiger partial charge in [-0.15, -0.1) is 12.4 Å². The summed E-state index contributed by atoms with van der Waals surface area (Å²) in [5.41, 5.74) is 0. The summed E-state index contributed by atoms with van der Waals surface area (Å²) < 4.78 is 25.3. The molecule has 0 bridgehead atoms. The molecule has 2 aliphatic rings. The Balaban J connectivity index is 0.000000605. The van der Waals surface area contributed by atoms with Gasteiger partial charge in [-0.2, -0.15) is 0 Å². The SMILES string of the molecule is CC1C(C2CNC2)C1(F)F.Cl. The first-order valence-corrected chi connectivity index (χ1v) is 3.72. The molecule has 0 aromatic carbocycles. The van der Waals surface area contributed by atoms with E-state index in [4.69, 9.17) is 0 Å². The van der Waals surface area contributed by atoms with Gasteiger partial charge >= 0.3 is 0 Å². The summed E-state index contributed by atoms with van der Waals surface area (Å²) in [6.07, 6.45) is 0. The number of rotatable bonds is 1. The van der Waals surface area contributed by atoms with Crippen LogP contribution in [0.5, 0.6) is 0 Å². The normalized spacial score (nSPS) is 40.6. The van der Waals surface area contributed by atoms with Crippen LogP contribution in [0.2, 0.25) is 0 Å². The standard InChI is InChI=1S/C7H11F2N.ClH/c1-4-6(7(4,8)9)5-2-10-3-5;/h4-6,10H,2-3H2,1H3;1H. The highest BCUT2D eigenvalue weighted by Crippen LogP contribution is 2.59. The van der Waals surface area contributed by atoms with E-state index in [1.165, 1.54) is 0 Å². The van der Waals surface area contributed by atoms with Crippen LogP contribution in [0.3, 0.4) is 0 Å². The van der Waals surface area contributed by atoms with Gasteiger partial charge in [-0.25, -0.2) is 8.78 Å². The lowest BCUT2D eigenvalue weighted by Crippen LogP contribution is -2.44. The fourth-order valence-electron chi connectivity index (χ4n) is 1.80. The molecule has 1 aliphatic carbocycles. The van der Waals surface area contributed by atoms with E-state index in [2.05, 4.69) is 5.32 Å². The summed E-state index contributed by atoms with van der Waals surface area (Å²) in [6.45, 7) is 3.23. The Hall–Kier alpha value is 0.110. The molecule has 2 unspecified atom stereocenters. The highest BCUT2D eigenvalue weighted by molar-refractivity contribution is 5.85. The molecule has 1 aliphatic heterocycles. The third-order valence-corrected chi connectivity index (χ3v) is 2.80. The van der Waals surface area contributed by atoms with Crippen LogP contribution in [0.1, 0.15) is 6.92 Å². The number of hydrogen-bond acceptors (Lipinski definition) is 1. The molecule has 4 heteroatoms. The summed E-state index contributed by atoms with van der Waals surface area (Å²) in [7, 11) is 0. The highest BCUT2D eigenvalue weighted by atomic mass is 35.5. The van der Waals surface area contributed by atoms with Crippen molar-refractivity contribution in [2.75, 3.05) is 13.1 Å². The molecule has 1 saturated carbocycles. The predicted molar refractivity (Wildman–Crippen MR) is 41.2 cm³/mol. The number of hydrogen-bond donors (Lipinski definition) is 1. The van der Waals surface area contributed by atoms with Crippen LogP contribution in [0.15, 0.2) is 0 Å². The molecule has 2 fully saturated rings. The van der Waals surface area contributed by atoms with E-state index in [0.29, 0.717) is 0 Å². The van der Waals surface area contributed by atoms with Gasteiger partial charge in [0.1, 0.15) is 0 Å². The van der Waals surface area contributed by atoms with E-state index < -0.39 is 5.92 Å². The second-order valence-electron chi connectivity index (χ2n) is 3.41. The summed E-state index contributed by atoms with van der Waals surface area (Å²) in [6, 6.07) is 0. The third-order valence-electron chi connectivity index (χ3n) is 2.80. The Morgan fingerprint density at radius 1 is 1.36 bits per heavy atom. The molecule has 1 N–H and O–H groups in total. The van der Waals surface area contributed by atoms with Gasteiger partial charge in [0.25, 0.3) is 5.92 Å².